The molecule has 2 aliphatic heterocycles. The van der Waals surface area contributed by atoms with Crippen molar-refractivity contribution in [3.05, 3.63) is 53.9 Å². The molecular formula is C22H22F3N5O. The van der Waals surface area contributed by atoms with Gasteiger partial charge >= 0.3 is 6.18 Å². The van der Waals surface area contributed by atoms with Crippen LogP contribution in [0.25, 0.3) is 10.9 Å². The van der Waals surface area contributed by atoms with Gasteiger partial charge in [-0.2, -0.15) is 18.3 Å². The zero-order chi connectivity index (χ0) is 21.6. The van der Waals surface area contributed by atoms with Crippen LogP contribution in [-0.4, -0.2) is 40.5 Å². The van der Waals surface area contributed by atoms with Gasteiger partial charge in [0.2, 0.25) is 0 Å². The van der Waals surface area contributed by atoms with Crippen LogP contribution < -0.4 is 10.2 Å². The molecule has 5 rings (SSSR count). The number of pyridine rings is 1. The van der Waals surface area contributed by atoms with Gasteiger partial charge in [-0.05, 0) is 43.5 Å². The minimum absolute atomic E-state index is 0.341. The standard InChI is InChI=1S/C22H22F3N5O/c1-13(14-3-2-4-15(7-14)22(23,24)25)28-21-19-8-18(9-26-20(19)10-27-29-21)30-16-5-6-17(30)12-31-11-16/h2-4,7-10,13,16-17H,5-6,11-12H2,1H3,(H,28,29)/t13-,16?,17?/m1/s1. The summed E-state index contributed by atoms with van der Waals surface area (Å²) in [7, 11) is 0. The summed E-state index contributed by atoms with van der Waals surface area (Å²) in [4.78, 5) is 6.94. The van der Waals surface area contributed by atoms with Crippen LogP contribution in [0.5, 0.6) is 0 Å². The molecule has 2 aliphatic rings. The molecule has 6 nitrogen and oxygen atoms in total. The van der Waals surface area contributed by atoms with E-state index in [4.69, 9.17) is 4.74 Å². The number of fused-ring (bicyclic) bond motifs is 3. The number of aromatic nitrogens is 3. The molecular weight excluding hydrogens is 407 g/mol. The number of ether oxygens (including phenoxy) is 1. The van der Waals surface area contributed by atoms with Crippen LogP contribution in [0.3, 0.4) is 0 Å². The molecule has 0 aliphatic carbocycles. The summed E-state index contributed by atoms with van der Waals surface area (Å²) < 4.78 is 45.0. The number of morpholine rings is 1. The van der Waals surface area contributed by atoms with Crippen LogP contribution in [0.1, 0.15) is 36.9 Å². The van der Waals surface area contributed by atoms with E-state index in [0.29, 0.717) is 42.2 Å². The number of hydrogen-bond acceptors (Lipinski definition) is 6. The Morgan fingerprint density at radius 1 is 1.13 bits per heavy atom. The maximum Gasteiger partial charge on any atom is 0.416 e. The van der Waals surface area contributed by atoms with Crippen molar-refractivity contribution in [3.8, 4) is 0 Å². The molecule has 0 spiro atoms. The second-order valence-electron chi connectivity index (χ2n) is 8.14. The van der Waals surface area contributed by atoms with Crippen molar-refractivity contribution in [1.82, 2.24) is 15.2 Å². The Morgan fingerprint density at radius 3 is 2.65 bits per heavy atom. The lowest BCUT2D eigenvalue weighted by Crippen LogP contribution is -2.45. The summed E-state index contributed by atoms with van der Waals surface area (Å²) >= 11 is 0. The highest BCUT2D eigenvalue weighted by Crippen LogP contribution is 2.36. The summed E-state index contributed by atoms with van der Waals surface area (Å²) in [5, 5.41) is 12.2. The van der Waals surface area contributed by atoms with E-state index >= 15 is 0 Å². The highest BCUT2D eigenvalue weighted by atomic mass is 19.4. The van der Waals surface area contributed by atoms with Crippen molar-refractivity contribution in [2.24, 2.45) is 0 Å². The first-order chi connectivity index (χ1) is 14.9. The molecule has 2 bridgehead atoms. The number of hydrogen-bond donors (Lipinski definition) is 1. The topological polar surface area (TPSA) is 63.2 Å². The number of anilines is 2. The SMILES string of the molecule is C[C@@H](Nc1nncc2ncc(N3C4CCC3COC4)cc12)c1cccc(C(F)(F)F)c1. The second-order valence-corrected chi connectivity index (χ2v) is 8.14. The zero-order valence-corrected chi connectivity index (χ0v) is 16.9. The Bertz CT molecular complexity index is 1090. The average Bonchev–Trinajstić information content (AvgIpc) is 3.01. The normalized spacial score (nSPS) is 22.0. The van der Waals surface area contributed by atoms with Gasteiger partial charge in [-0.15, -0.1) is 5.10 Å². The maximum absolute atomic E-state index is 13.1. The van der Waals surface area contributed by atoms with Crippen molar-refractivity contribution in [3.63, 3.8) is 0 Å². The minimum atomic E-state index is -4.38. The average molecular weight is 429 g/mol. The quantitative estimate of drug-likeness (QED) is 0.655. The molecule has 162 valence electrons. The Kier molecular flexibility index (Phi) is 4.92. The van der Waals surface area contributed by atoms with Crippen LogP contribution in [0, 0.1) is 0 Å². The van der Waals surface area contributed by atoms with E-state index in [9.17, 15) is 13.2 Å². The van der Waals surface area contributed by atoms with Crippen LogP contribution in [0.4, 0.5) is 24.7 Å². The molecule has 0 radical (unpaired) electrons. The van der Waals surface area contributed by atoms with Gasteiger partial charge in [0, 0.05) is 5.39 Å². The third kappa shape index (κ3) is 3.78. The highest BCUT2D eigenvalue weighted by molar-refractivity contribution is 5.90. The lowest BCUT2D eigenvalue weighted by Gasteiger charge is -2.36. The van der Waals surface area contributed by atoms with Crippen molar-refractivity contribution in [2.45, 2.75) is 44.1 Å². The number of rotatable bonds is 4. The molecule has 0 amide bonds. The number of nitrogens with zero attached hydrogens (tertiary/aromatic N) is 4. The van der Waals surface area contributed by atoms with Gasteiger partial charge in [0.15, 0.2) is 5.82 Å². The third-order valence-corrected chi connectivity index (χ3v) is 6.10. The Labute approximate surface area is 177 Å². The molecule has 31 heavy (non-hydrogen) atoms. The van der Waals surface area contributed by atoms with E-state index in [1.54, 1.807) is 19.2 Å². The number of benzene rings is 1. The van der Waals surface area contributed by atoms with E-state index in [1.165, 1.54) is 6.07 Å². The zero-order valence-electron chi connectivity index (χ0n) is 16.9. The van der Waals surface area contributed by atoms with Crippen LogP contribution >= 0.6 is 0 Å². The van der Waals surface area contributed by atoms with Crippen molar-refractivity contribution < 1.29 is 17.9 Å². The van der Waals surface area contributed by atoms with Crippen LogP contribution in [0.15, 0.2) is 42.7 Å². The van der Waals surface area contributed by atoms with Gasteiger partial charge in [-0.1, -0.05) is 12.1 Å². The van der Waals surface area contributed by atoms with E-state index in [-0.39, 0.29) is 0 Å². The molecule has 2 unspecified atom stereocenters. The Balaban J connectivity index is 1.46. The van der Waals surface area contributed by atoms with Gasteiger partial charge in [0.25, 0.3) is 0 Å². The maximum atomic E-state index is 13.1. The van der Waals surface area contributed by atoms with Gasteiger partial charge < -0.3 is 15.0 Å². The van der Waals surface area contributed by atoms with Gasteiger partial charge in [0.05, 0.1) is 60.5 Å². The molecule has 2 aromatic heterocycles. The first-order valence-corrected chi connectivity index (χ1v) is 10.3. The van der Waals surface area contributed by atoms with Gasteiger partial charge in [-0.3, -0.25) is 4.98 Å². The summed E-state index contributed by atoms with van der Waals surface area (Å²) in [5.74, 6) is 0.498. The molecule has 9 heteroatoms. The smallest absolute Gasteiger partial charge is 0.377 e. The number of nitrogens with one attached hydrogen (secondary N) is 1. The molecule has 2 saturated heterocycles. The predicted octanol–water partition coefficient (Wildman–Crippen LogP) is 4.58. The number of halogens is 3. The van der Waals surface area contributed by atoms with Crippen molar-refractivity contribution >= 4 is 22.4 Å². The van der Waals surface area contributed by atoms with E-state index in [1.807, 2.05) is 12.3 Å². The lowest BCUT2D eigenvalue weighted by atomic mass is 10.0. The first-order valence-electron chi connectivity index (χ1n) is 10.3. The van der Waals surface area contributed by atoms with E-state index in [2.05, 4.69) is 25.4 Å². The third-order valence-electron chi connectivity index (χ3n) is 6.10. The minimum Gasteiger partial charge on any atom is -0.377 e. The molecule has 2 fully saturated rings. The monoisotopic (exact) mass is 429 g/mol. The summed E-state index contributed by atoms with van der Waals surface area (Å²) in [5.41, 5.74) is 1.53. The van der Waals surface area contributed by atoms with E-state index < -0.39 is 17.8 Å². The summed E-state index contributed by atoms with van der Waals surface area (Å²) in [6.45, 7) is 3.22. The molecule has 0 saturated carbocycles. The largest absolute Gasteiger partial charge is 0.416 e. The highest BCUT2D eigenvalue weighted by Gasteiger charge is 2.37. The fraction of sp³-hybridized carbons (Fsp3) is 0.409. The summed E-state index contributed by atoms with van der Waals surface area (Å²) in [6, 6.07) is 7.63. The number of alkyl halides is 3. The van der Waals surface area contributed by atoms with Gasteiger partial charge in [0.1, 0.15) is 0 Å². The van der Waals surface area contributed by atoms with Crippen LogP contribution in [0.2, 0.25) is 0 Å². The molecule has 1 N–H and O–H groups in total. The Hall–Kier alpha value is -2.94. The summed E-state index contributed by atoms with van der Waals surface area (Å²) in [6.07, 6.45) is 1.24. The molecule has 3 atom stereocenters. The predicted molar refractivity (Wildman–Crippen MR) is 111 cm³/mol. The fourth-order valence-corrected chi connectivity index (χ4v) is 4.52. The molecule has 1 aromatic carbocycles. The van der Waals surface area contributed by atoms with Crippen molar-refractivity contribution in [2.75, 3.05) is 23.4 Å². The van der Waals surface area contributed by atoms with Crippen LogP contribution in [-0.2, 0) is 10.9 Å². The second kappa shape index (κ2) is 7.64. The van der Waals surface area contributed by atoms with Gasteiger partial charge in [-0.25, -0.2) is 0 Å². The molecule has 3 aromatic rings. The molecule has 4 heterocycles. The first kappa shape index (κ1) is 20.0. The lowest BCUT2D eigenvalue weighted by molar-refractivity contribution is -0.137. The fourth-order valence-electron chi connectivity index (χ4n) is 4.52. The Morgan fingerprint density at radius 2 is 1.90 bits per heavy atom. The van der Waals surface area contributed by atoms with E-state index in [0.717, 1.165) is 36.0 Å². The van der Waals surface area contributed by atoms with Crippen molar-refractivity contribution in [1.29, 1.82) is 0 Å².